The average Bonchev–Trinajstić information content (AvgIpc) is 2.78. The molecule has 0 N–H and O–H groups in total. The van der Waals surface area contributed by atoms with Crippen molar-refractivity contribution >= 4 is 11.6 Å². The molecule has 1 aromatic rings. The Hall–Kier alpha value is -1.42. The van der Waals surface area contributed by atoms with Crippen LogP contribution >= 0.6 is 0 Å². The summed E-state index contributed by atoms with van der Waals surface area (Å²) in [4.78, 5) is 20.4. The van der Waals surface area contributed by atoms with Crippen LogP contribution in [0.5, 0.6) is 0 Å². The minimum atomic E-state index is 0.0846. The van der Waals surface area contributed by atoms with E-state index in [4.69, 9.17) is 0 Å². The van der Waals surface area contributed by atoms with Gasteiger partial charge in [0.05, 0.1) is 5.56 Å². The molecule has 0 radical (unpaired) electrons. The smallest absolute Gasteiger partial charge is 0.163 e. The van der Waals surface area contributed by atoms with E-state index in [1.165, 1.54) is 0 Å². The van der Waals surface area contributed by atoms with Gasteiger partial charge < -0.3 is 9.80 Å². The van der Waals surface area contributed by atoms with Crippen LogP contribution < -0.4 is 4.90 Å². The zero-order valence-electron chi connectivity index (χ0n) is 10.7. The van der Waals surface area contributed by atoms with Crippen molar-refractivity contribution in [2.24, 2.45) is 0 Å². The molecular formula is C13H19N3O. The highest BCUT2D eigenvalue weighted by molar-refractivity contribution is 5.98. The summed E-state index contributed by atoms with van der Waals surface area (Å²) in [5, 5.41) is 0. The number of Topliss-reactive ketones (excluding diaryl/α,β-unsaturated/α-hetero) is 1. The van der Waals surface area contributed by atoms with Gasteiger partial charge in [0.1, 0.15) is 5.82 Å². The van der Waals surface area contributed by atoms with Crippen LogP contribution in [-0.4, -0.2) is 48.9 Å². The molecule has 1 atom stereocenters. The number of hydrogen-bond acceptors (Lipinski definition) is 4. The number of hydrogen-bond donors (Lipinski definition) is 0. The van der Waals surface area contributed by atoms with E-state index in [1.54, 1.807) is 13.1 Å². The quantitative estimate of drug-likeness (QED) is 0.740. The second kappa shape index (κ2) is 4.84. The van der Waals surface area contributed by atoms with Gasteiger partial charge in [-0.1, -0.05) is 0 Å². The van der Waals surface area contributed by atoms with Gasteiger partial charge in [0.2, 0.25) is 0 Å². The molecule has 0 bridgehead atoms. The molecule has 0 saturated carbocycles. The highest BCUT2D eigenvalue weighted by Gasteiger charge is 2.26. The molecule has 1 unspecified atom stereocenters. The molecule has 92 valence electrons. The molecule has 17 heavy (non-hydrogen) atoms. The summed E-state index contributed by atoms with van der Waals surface area (Å²) in [6, 6.07) is 4.23. The van der Waals surface area contributed by atoms with Crippen LogP contribution in [0.2, 0.25) is 0 Å². The highest BCUT2D eigenvalue weighted by Crippen LogP contribution is 2.23. The molecule has 0 aliphatic carbocycles. The summed E-state index contributed by atoms with van der Waals surface area (Å²) in [6.45, 7) is 3.52. The van der Waals surface area contributed by atoms with Crippen LogP contribution in [-0.2, 0) is 0 Å². The summed E-state index contributed by atoms with van der Waals surface area (Å²) < 4.78 is 0. The van der Waals surface area contributed by atoms with Gasteiger partial charge in [0, 0.05) is 25.3 Å². The maximum absolute atomic E-state index is 11.6. The number of nitrogens with zero attached hydrogens (tertiary/aromatic N) is 3. The van der Waals surface area contributed by atoms with Crippen LogP contribution in [0, 0.1) is 0 Å². The maximum atomic E-state index is 11.6. The van der Waals surface area contributed by atoms with Crippen molar-refractivity contribution in [1.82, 2.24) is 9.88 Å². The van der Waals surface area contributed by atoms with E-state index in [-0.39, 0.29) is 5.78 Å². The van der Waals surface area contributed by atoms with Crippen molar-refractivity contribution < 1.29 is 4.79 Å². The lowest BCUT2D eigenvalue weighted by Crippen LogP contribution is -2.32. The normalized spacial score (nSPS) is 20.0. The topological polar surface area (TPSA) is 36.4 Å². The Morgan fingerprint density at radius 2 is 2.29 bits per heavy atom. The molecule has 2 heterocycles. The van der Waals surface area contributed by atoms with Crippen LogP contribution in [0.3, 0.4) is 0 Å². The van der Waals surface area contributed by atoms with E-state index in [2.05, 4.69) is 28.9 Å². The lowest BCUT2D eigenvalue weighted by Gasteiger charge is -2.22. The zero-order chi connectivity index (χ0) is 12.4. The number of anilines is 1. The maximum Gasteiger partial charge on any atom is 0.163 e. The molecule has 0 amide bonds. The molecule has 1 aliphatic rings. The van der Waals surface area contributed by atoms with Gasteiger partial charge in [-0.15, -0.1) is 0 Å². The predicted octanol–water partition coefficient (Wildman–Crippen LogP) is 1.42. The number of likely N-dealkylation sites (N-methyl/N-ethyl adjacent to an activating group) is 1. The second-order valence-corrected chi connectivity index (χ2v) is 4.78. The molecule has 2 rings (SSSR count). The van der Waals surface area contributed by atoms with Crippen molar-refractivity contribution in [3.8, 4) is 0 Å². The summed E-state index contributed by atoms with van der Waals surface area (Å²) in [6.07, 6.45) is 2.88. The second-order valence-electron chi connectivity index (χ2n) is 4.78. The molecule has 4 heteroatoms. The van der Waals surface area contributed by atoms with Gasteiger partial charge in [-0.2, -0.15) is 0 Å². The Bertz CT molecular complexity index is 417. The monoisotopic (exact) mass is 233 g/mol. The van der Waals surface area contributed by atoms with E-state index < -0.39 is 0 Å². The first kappa shape index (κ1) is 12.0. The number of rotatable bonds is 3. The lowest BCUT2D eigenvalue weighted by atomic mass is 10.2. The third-order valence-corrected chi connectivity index (χ3v) is 3.36. The third kappa shape index (κ3) is 2.47. The number of pyridine rings is 1. The fraction of sp³-hybridized carbons (Fsp3) is 0.538. The summed E-state index contributed by atoms with van der Waals surface area (Å²) in [5.74, 6) is 0.922. The molecule has 4 nitrogen and oxygen atoms in total. The van der Waals surface area contributed by atoms with E-state index in [0.717, 1.165) is 30.9 Å². The van der Waals surface area contributed by atoms with E-state index in [1.807, 2.05) is 12.1 Å². The molecule has 1 aliphatic heterocycles. The Balaban J connectivity index is 2.21. The van der Waals surface area contributed by atoms with Gasteiger partial charge in [0.25, 0.3) is 0 Å². The zero-order valence-corrected chi connectivity index (χ0v) is 10.7. The SMILES string of the molecule is CC(=O)c1cccnc1N1CCC(N(C)C)C1. The molecule has 1 aromatic heterocycles. The fourth-order valence-electron chi connectivity index (χ4n) is 2.28. The van der Waals surface area contributed by atoms with E-state index in [9.17, 15) is 4.79 Å². The summed E-state index contributed by atoms with van der Waals surface area (Å²) in [5.41, 5.74) is 0.729. The van der Waals surface area contributed by atoms with Crippen molar-refractivity contribution in [1.29, 1.82) is 0 Å². The van der Waals surface area contributed by atoms with Crippen molar-refractivity contribution in [3.05, 3.63) is 23.9 Å². The first-order valence-electron chi connectivity index (χ1n) is 5.97. The van der Waals surface area contributed by atoms with Gasteiger partial charge in [-0.05, 0) is 39.6 Å². The fourth-order valence-corrected chi connectivity index (χ4v) is 2.28. The van der Waals surface area contributed by atoms with Crippen LogP contribution in [0.15, 0.2) is 18.3 Å². The molecule has 1 fully saturated rings. The predicted molar refractivity (Wildman–Crippen MR) is 68.5 cm³/mol. The first-order valence-corrected chi connectivity index (χ1v) is 5.97. The Labute approximate surface area is 102 Å². The lowest BCUT2D eigenvalue weighted by molar-refractivity contribution is 0.101. The van der Waals surface area contributed by atoms with Gasteiger partial charge in [-0.25, -0.2) is 4.98 Å². The van der Waals surface area contributed by atoms with Gasteiger partial charge in [0.15, 0.2) is 5.78 Å². The minimum absolute atomic E-state index is 0.0846. The largest absolute Gasteiger partial charge is 0.354 e. The van der Waals surface area contributed by atoms with Gasteiger partial charge in [-0.3, -0.25) is 4.79 Å². The Kier molecular flexibility index (Phi) is 3.43. The molecule has 0 aromatic carbocycles. The summed E-state index contributed by atoms with van der Waals surface area (Å²) in [7, 11) is 4.19. The van der Waals surface area contributed by atoms with Gasteiger partial charge >= 0.3 is 0 Å². The number of ketones is 1. The van der Waals surface area contributed by atoms with E-state index in [0.29, 0.717) is 6.04 Å². The molecule has 0 spiro atoms. The first-order chi connectivity index (χ1) is 8.09. The van der Waals surface area contributed by atoms with Crippen molar-refractivity contribution in [2.75, 3.05) is 32.1 Å². The highest BCUT2D eigenvalue weighted by atomic mass is 16.1. The number of carbonyl (C=O) groups is 1. The number of carbonyl (C=O) groups excluding carboxylic acids is 1. The van der Waals surface area contributed by atoms with Crippen molar-refractivity contribution in [2.45, 2.75) is 19.4 Å². The molecular weight excluding hydrogens is 214 g/mol. The Morgan fingerprint density at radius 3 is 2.88 bits per heavy atom. The minimum Gasteiger partial charge on any atom is -0.354 e. The molecule has 1 saturated heterocycles. The van der Waals surface area contributed by atoms with Crippen molar-refractivity contribution in [3.63, 3.8) is 0 Å². The number of aromatic nitrogens is 1. The van der Waals surface area contributed by atoms with E-state index >= 15 is 0 Å². The standard InChI is InChI=1S/C13H19N3O/c1-10(17)12-5-4-7-14-13(12)16-8-6-11(9-16)15(2)3/h4-5,7,11H,6,8-9H2,1-3H3. The Morgan fingerprint density at radius 1 is 1.53 bits per heavy atom. The van der Waals surface area contributed by atoms with Crippen LogP contribution in [0.4, 0.5) is 5.82 Å². The van der Waals surface area contributed by atoms with Crippen LogP contribution in [0.25, 0.3) is 0 Å². The van der Waals surface area contributed by atoms with Crippen LogP contribution in [0.1, 0.15) is 23.7 Å². The average molecular weight is 233 g/mol. The third-order valence-electron chi connectivity index (χ3n) is 3.36. The summed E-state index contributed by atoms with van der Waals surface area (Å²) >= 11 is 0.